The van der Waals surface area contributed by atoms with Crippen molar-refractivity contribution in [2.75, 3.05) is 44.8 Å². The van der Waals surface area contributed by atoms with Gasteiger partial charge in [0.25, 0.3) is 5.91 Å². The first-order valence-electron chi connectivity index (χ1n) is 16.2. The Morgan fingerprint density at radius 3 is 2.44 bits per heavy atom. The van der Waals surface area contributed by atoms with E-state index >= 15 is 4.39 Å². The minimum atomic E-state index is -4.64. The third kappa shape index (κ3) is 5.69. The van der Waals surface area contributed by atoms with Crippen molar-refractivity contribution in [1.82, 2.24) is 24.6 Å². The number of hydrogen-bond donors (Lipinski definition) is 0. The molecule has 0 aliphatic carbocycles. The summed E-state index contributed by atoms with van der Waals surface area (Å²) in [6.45, 7) is 6.84. The van der Waals surface area contributed by atoms with E-state index in [1.165, 1.54) is 17.3 Å². The molecule has 4 heterocycles. The number of likely N-dealkylation sites (N-methyl/N-ethyl adjacent to an activating group) is 1. The van der Waals surface area contributed by atoms with Gasteiger partial charge in [0.2, 0.25) is 0 Å². The van der Waals surface area contributed by atoms with E-state index in [4.69, 9.17) is 4.74 Å². The van der Waals surface area contributed by atoms with Crippen LogP contribution in [-0.2, 0) is 29.4 Å². The maximum atomic E-state index is 16.6. The Morgan fingerprint density at radius 1 is 1.00 bits per heavy atom. The molecule has 4 aromatic rings. The number of amides is 1. The topological polar surface area (TPSA) is 66.7 Å². The first-order chi connectivity index (χ1) is 23.0. The van der Waals surface area contributed by atoms with Gasteiger partial charge >= 0.3 is 6.18 Å². The van der Waals surface area contributed by atoms with Crippen LogP contribution in [0.15, 0.2) is 73.1 Å². The first kappa shape index (κ1) is 32.4. The fraction of sp³-hybridized carbons (Fsp3) is 0.417. The summed E-state index contributed by atoms with van der Waals surface area (Å²) in [6, 6.07) is 19.0. The summed E-state index contributed by atoms with van der Waals surface area (Å²) in [5.41, 5.74) is 0.242. The summed E-state index contributed by atoms with van der Waals surface area (Å²) in [5, 5.41) is 8.08. The van der Waals surface area contributed by atoms with E-state index in [1.54, 1.807) is 34.9 Å². The van der Waals surface area contributed by atoms with Crippen molar-refractivity contribution >= 4 is 11.6 Å². The van der Waals surface area contributed by atoms with E-state index in [9.17, 15) is 18.0 Å². The van der Waals surface area contributed by atoms with Gasteiger partial charge < -0.3 is 14.5 Å². The fourth-order valence-electron chi connectivity index (χ4n) is 7.29. The van der Waals surface area contributed by atoms with Crippen molar-refractivity contribution in [2.45, 2.75) is 50.7 Å². The lowest BCUT2D eigenvalue weighted by Gasteiger charge is -2.44. The van der Waals surface area contributed by atoms with Gasteiger partial charge in [-0.25, -0.2) is 4.39 Å². The number of hydrogen-bond acceptors (Lipinski definition) is 6. The van der Waals surface area contributed by atoms with Crippen LogP contribution < -0.4 is 4.90 Å². The van der Waals surface area contributed by atoms with Gasteiger partial charge in [-0.15, -0.1) is 10.2 Å². The molecule has 2 atom stereocenters. The highest BCUT2D eigenvalue weighted by molar-refractivity contribution is 6.10. The molecule has 0 spiro atoms. The first-order valence-corrected chi connectivity index (χ1v) is 16.2. The fourth-order valence-corrected chi connectivity index (χ4v) is 7.29. The number of nitrogens with zero attached hydrogens (tertiary/aromatic N) is 6. The molecule has 1 amide bonds. The molecule has 1 aromatic heterocycles. The summed E-state index contributed by atoms with van der Waals surface area (Å²) in [4.78, 5) is 19.7. The summed E-state index contributed by atoms with van der Waals surface area (Å²) in [6.07, 6.45) is -4.79. The Hall–Kier alpha value is -4.13. The smallest absolute Gasteiger partial charge is 0.379 e. The van der Waals surface area contributed by atoms with Crippen LogP contribution in [0.2, 0.25) is 0 Å². The third-order valence-electron chi connectivity index (χ3n) is 10.1. The summed E-state index contributed by atoms with van der Waals surface area (Å²) >= 11 is 0. The standard InChI is InChI=1S/C36H38F4N6O2/c1-23(2)31-19-43(3)12-13-44(31)17-24-14-28-29(30(15-24)36(38,39)40)18-45(34(28)47)27-11-7-8-25(16-27)35(20-48-21-35)32(37)33-42-41-22-46(33)26-9-5-4-6-10-26/h4-11,14-16,22-23,31-32H,12-13,17-21H2,1-3H3/t31-,32-/m1/s1. The summed E-state index contributed by atoms with van der Waals surface area (Å²) < 4.78 is 67.4. The van der Waals surface area contributed by atoms with Crippen molar-refractivity contribution < 1.29 is 27.1 Å². The van der Waals surface area contributed by atoms with Crippen LogP contribution in [-0.4, -0.2) is 76.4 Å². The Labute approximate surface area is 276 Å². The number of carbonyl (C=O) groups excluding carboxylic acids is 1. The Morgan fingerprint density at radius 2 is 1.75 bits per heavy atom. The molecule has 7 rings (SSSR count). The molecule has 0 saturated carbocycles. The summed E-state index contributed by atoms with van der Waals surface area (Å²) in [7, 11) is 2.05. The number of rotatable bonds is 8. The molecule has 48 heavy (non-hydrogen) atoms. The van der Waals surface area contributed by atoms with Gasteiger partial charge in [0.1, 0.15) is 6.33 Å². The van der Waals surface area contributed by atoms with E-state index in [0.717, 1.165) is 19.6 Å². The third-order valence-corrected chi connectivity index (χ3v) is 10.1. The highest BCUT2D eigenvalue weighted by Crippen LogP contribution is 2.47. The Bertz CT molecular complexity index is 1810. The molecule has 2 saturated heterocycles. The Balaban J connectivity index is 1.20. The van der Waals surface area contributed by atoms with Gasteiger partial charge in [0.05, 0.1) is 30.7 Å². The number of halogens is 4. The van der Waals surface area contributed by atoms with Gasteiger partial charge in [-0.05, 0) is 66.1 Å². The lowest BCUT2D eigenvalue weighted by atomic mass is 9.74. The number of aromatic nitrogens is 3. The predicted molar refractivity (Wildman–Crippen MR) is 173 cm³/mol. The van der Waals surface area contributed by atoms with Crippen molar-refractivity contribution in [2.24, 2.45) is 5.92 Å². The van der Waals surface area contributed by atoms with E-state index in [-0.39, 0.29) is 42.8 Å². The average Bonchev–Trinajstić information content (AvgIpc) is 3.66. The minimum Gasteiger partial charge on any atom is -0.379 e. The lowest BCUT2D eigenvalue weighted by molar-refractivity contribution is -0.138. The normalized spacial score (nSPS) is 20.6. The van der Waals surface area contributed by atoms with Gasteiger partial charge in [-0.2, -0.15) is 13.2 Å². The van der Waals surface area contributed by atoms with E-state index in [2.05, 4.69) is 40.9 Å². The van der Waals surface area contributed by atoms with Crippen molar-refractivity contribution in [3.05, 3.63) is 107 Å². The van der Waals surface area contributed by atoms with Crippen LogP contribution in [0.25, 0.3) is 5.69 Å². The number of fused-ring (bicyclic) bond motifs is 1. The second kappa shape index (κ2) is 12.4. The molecule has 0 bridgehead atoms. The van der Waals surface area contributed by atoms with Crippen LogP contribution in [0.3, 0.4) is 0 Å². The molecular formula is C36H38F4N6O2. The van der Waals surface area contributed by atoms with E-state index in [1.807, 2.05) is 30.3 Å². The quantitative estimate of drug-likeness (QED) is 0.210. The lowest BCUT2D eigenvalue weighted by Crippen LogP contribution is -2.53. The SMILES string of the molecule is CC(C)[C@H]1CN(C)CCN1Cc1cc2c(c(C(F)(F)F)c1)CN(c1cccc(C3([C@H](F)c4nncn4-c4ccccc4)COC3)c1)C2=O. The number of para-hydroxylation sites is 1. The molecule has 3 aliphatic rings. The molecule has 252 valence electrons. The Kier molecular flexibility index (Phi) is 8.37. The van der Waals surface area contributed by atoms with Gasteiger partial charge in [-0.1, -0.05) is 44.2 Å². The van der Waals surface area contributed by atoms with E-state index in [0.29, 0.717) is 35.0 Å². The molecule has 3 aromatic carbocycles. The zero-order valence-electron chi connectivity index (χ0n) is 27.1. The molecule has 0 radical (unpaired) electrons. The monoisotopic (exact) mass is 662 g/mol. The minimum absolute atomic E-state index is 0.0403. The van der Waals surface area contributed by atoms with Crippen LogP contribution in [0.5, 0.6) is 0 Å². The molecule has 12 heteroatoms. The number of anilines is 1. The number of piperazine rings is 1. The largest absolute Gasteiger partial charge is 0.416 e. The molecule has 2 fully saturated rings. The van der Waals surface area contributed by atoms with Gasteiger partial charge in [0.15, 0.2) is 12.0 Å². The van der Waals surface area contributed by atoms with Gasteiger partial charge in [-0.3, -0.25) is 14.3 Å². The number of alkyl halides is 4. The van der Waals surface area contributed by atoms with Crippen LogP contribution in [0.1, 0.15) is 58.5 Å². The zero-order valence-corrected chi connectivity index (χ0v) is 27.1. The molecule has 8 nitrogen and oxygen atoms in total. The van der Waals surface area contributed by atoms with Crippen molar-refractivity contribution in [3.8, 4) is 5.69 Å². The number of ether oxygens (including phenoxy) is 1. The van der Waals surface area contributed by atoms with Crippen molar-refractivity contribution in [1.29, 1.82) is 0 Å². The van der Waals surface area contributed by atoms with Crippen molar-refractivity contribution in [3.63, 3.8) is 0 Å². The molecule has 0 N–H and O–H groups in total. The highest BCUT2D eigenvalue weighted by Gasteiger charge is 2.51. The number of benzene rings is 3. The average molecular weight is 663 g/mol. The maximum absolute atomic E-state index is 16.6. The second-order valence-corrected chi connectivity index (χ2v) is 13.6. The molecule has 0 unspecified atom stereocenters. The van der Waals surface area contributed by atoms with Crippen LogP contribution >= 0.6 is 0 Å². The molecular weight excluding hydrogens is 624 g/mol. The molecule has 3 aliphatic heterocycles. The van der Waals surface area contributed by atoms with Crippen LogP contribution in [0.4, 0.5) is 23.2 Å². The number of carbonyl (C=O) groups is 1. The predicted octanol–water partition coefficient (Wildman–Crippen LogP) is 6.20. The second-order valence-electron chi connectivity index (χ2n) is 13.6. The van der Waals surface area contributed by atoms with E-state index < -0.39 is 29.2 Å². The van der Waals surface area contributed by atoms with Gasteiger partial charge in [0, 0.05) is 49.2 Å². The maximum Gasteiger partial charge on any atom is 0.416 e. The highest BCUT2D eigenvalue weighted by atomic mass is 19.4. The summed E-state index contributed by atoms with van der Waals surface area (Å²) in [5.74, 6) is -0.0774. The zero-order chi connectivity index (χ0) is 33.8. The van der Waals surface area contributed by atoms with Crippen LogP contribution in [0, 0.1) is 5.92 Å².